The minimum absolute atomic E-state index is 0.309. The molecule has 1 unspecified atom stereocenters. The number of aromatic nitrogens is 2. The Balaban J connectivity index is 2.14. The molecule has 4 heteroatoms. The number of rotatable bonds is 5. The van der Waals surface area contributed by atoms with E-state index in [1.165, 1.54) is 4.88 Å². The van der Waals surface area contributed by atoms with Crippen LogP contribution in [-0.4, -0.2) is 16.1 Å². The summed E-state index contributed by atoms with van der Waals surface area (Å²) in [6, 6.07) is 4.59. The highest BCUT2D eigenvalue weighted by atomic mass is 32.1. The van der Waals surface area contributed by atoms with Crippen molar-refractivity contribution in [1.82, 2.24) is 14.9 Å². The van der Waals surface area contributed by atoms with Gasteiger partial charge >= 0.3 is 0 Å². The lowest BCUT2D eigenvalue weighted by Gasteiger charge is -2.16. The van der Waals surface area contributed by atoms with Crippen LogP contribution < -0.4 is 5.32 Å². The molecular weight excluding hydrogens is 218 g/mol. The van der Waals surface area contributed by atoms with E-state index in [0.717, 1.165) is 18.8 Å². The Labute approximate surface area is 100 Å². The maximum atomic E-state index is 4.42. The zero-order chi connectivity index (χ0) is 11.4. The second-order valence-electron chi connectivity index (χ2n) is 3.79. The lowest BCUT2D eigenvalue weighted by molar-refractivity contribution is 0.509. The molecule has 0 saturated heterocycles. The fraction of sp³-hybridized carbons (Fsp3) is 0.417. The van der Waals surface area contributed by atoms with Crippen LogP contribution >= 0.6 is 11.3 Å². The molecule has 3 nitrogen and oxygen atoms in total. The van der Waals surface area contributed by atoms with Crippen molar-refractivity contribution in [3.63, 3.8) is 0 Å². The van der Waals surface area contributed by atoms with Gasteiger partial charge in [0.15, 0.2) is 0 Å². The van der Waals surface area contributed by atoms with Gasteiger partial charge in [-0.25, -0.2) is 4.98 Å². The Hall–Kier alpha value is -1.13. The van der Waals surface area contributed by atoms with E-state index >= 15 is 0 Å². The minimum Gasteiger partial charge on any atom is -0.337 e. The molecule has 0 amide bonds. The monoisotopic (exact) mass is 235 g/mol. The Kier molecular flexibility index (Phi) is 3.74. The molecule has 16 heavy (non-hydrogen) atoms. The van der Waals surface area contributed by atoms with Gasteiger partial charge in [-0.2, -0.15) is 0 Å². The van der Waals surface area contributed by atoms with Crippen molar-refractivity contribution in [2.24, 2.45) is 7.05 Å². The van der Waals surface area contributed by atoms with Crippen molar-refractivity contribution in [1.29, 1.82) is 0 Å². The second-order valence-corrected chi connectivity index (χ2v) is 4.82. The summed E-state index contributed by atoms with van der Waals surface area (Å²) in [5, 5.41) is 5.61. The third-order valence-corrected chi connectivity index (χ3v) is 3.50. The Morgan fingerprint density at radius 3 is 3.00 bits per heavy atom. The first-order valence-electron chi connectivity index (χ1n) is 5.54. The Morgan fingerprint density at radius 2 is 2.44 bits per heavy atom. The summed E-state index contributed by atoms with van der Waals surface area (Å²) in [7, 11) is 2.04. The first kappa shape index (κ1) is 11.4. The first-order valence-corrected chi connectivity index (χ1v) is 6.42. The van der Waals surface area contributed by atoms with Crippen molar-refractivity contribution in [2.45, 2.75) is 19.4 Å². The molecule has 2 rings (SSSR count). The summed E-state index contributed by atoms with van der Waals surface area (Å²) in [5.74, 6) is 1.11. The van der Waals surface area contributed by atoms with Crippen molar-refractivity contribution >= 4 is 11.3 Å². The van der Waals surface area contributed by atoms with E-state index in [1.807, 2.05) is 19.4 Å². The fourth-order valence-electron chi connectivity index (χ4n) is 1.84. The number of nitrogens with one attached hydrogen (secondary N) is 1. The van der Waals surface area contributed by atoms with Gasteiger partial charge in [0.2, 0.25) is 0 Å². The van der Waals surface area contributed by atoms with E-state index in [2.05, 4.69) is 39.3 Å². The van der Waals surface area contributed by atoms with Gasteiger partial charge in [-0.15, -0.1) is 11.3 Å². The Morgan fingerprint density at radius 1 is 1.56 bits per heavy atom. The van der Waals surface area contributed by atoms with Crippen LogP contribution in [0.25, 0.3) is 0 Å². The maximum Gasteiger partial charge on any atom is 0.125 e. The number of aryl methyl sites for hydroxylation is 1. The summed E-state index contributed by atoms with van der Waals surface area (Å²) < 4.78 is 2.08. The average molecular weight is 235 g/mol. The van der Waals surface area contributed by atoms with E-state index in [1.54, 1.807) is 11.3 Å². The number of nitrogens with zero attached hydrogens (tertiary/aromatic N) is 2. The second kappa shape index (κ2) is 5.27. The fourth-order valence-corrected chi connectivity index (χ4v) is 2.60. The van der Waals surface area contributed by atoms with Gasteiger partial charge in [0.05, 0.1) is 6.04 Å². The van der Waals surface area contributed by atoms with Crippen molar-refractivity contribution in [2.75, 3.05) is 6.54 Å². The van der Waals surface area contributed by atoms with Crippen LogP contribution in [0.15, 0.2) is 29.9 Å². The molecule has 2 aromatic rings. The van der Waals surface area contributed by atoms with Gasteiger partial charge in [0, 0.05) is 30.7 Å². The predicted molar refractivity (Wildman–Crippen MR) is 67.6 cm³/mol. The molecule has 86 valence electrons. The zero-order valence-corrected chi connectivity index (χ0v) is 10.5. The van der Waals surface area contributed by atoms with Crippen LogP contribution in [0.5, 0.6) is 0 Å². The standard InChI is InChI=1S/C12H17N3S/c1-3-13-11(9-10-5-4-8-16-10)12-14-6-7-15(12)2/h4-8,11,13H,3,9H2,1-2H3. The van der Waals surface area contributed by atoms with Gasteiger partial charge in [0.25, 0.3) is 0 Å². The molecule has 0 aromatic carbocycles. The zero-order valence-electron chi connectivity index (χ0n) is 9.68. The molecule has 0 spiro atoms. The first-order chi connectivity index (χ1) is 7.81. The summed E-state index contributed by atoms with van der Waals surface area (Å²) >= 11 is 1.80. The number of hydrogen-bond donors (Lipinski definition) is 1. The number of imidazole rings is 1. The van der Waals surface area contributed by atoms with E-state index < -0.39 is 0 Å². The molecule has 0 fully saturated rings. The van der Waals surface area contributed by atoms with Gasteiger partial charge in [-0.3, -0.25) is 0 Å². The largest absolute Gasteiger partial charge is 0.337 e. The van der Waals surface area contributed by atoms with Crippen LogP contribution in [0.4, 0.5) is 0 Å². The highest BCUT2D eigenvalue weighted by molar-refractivity contribution is 7.09. The highest BCUT2D eigenvalue weighted by Crippen LogP contribution is 2.19. The van der Waals surface area contributed by atoms with Crippen LogP contribution in [-0.2, 0) is 13.5 Å². The molecule has 0 aliphatic heterocycles. The quantitative estimate of drug-likeness (QED) is 0.862. The summed E-state index contributed by atoms with van der Waals surface area (Å²) in [6.45, 7) is 3.09. The SMILES string of the molecule is CCNC(Cc1cccs1)c1nccn1C. The van der Waals surface area contributed by atoms with Crippen molar-refractivity contribution in [3.05, 3.63) is 40.6 Å². The summed E-state index contributed by atoms with van der Waals surface area (Å²) in [5.41, 5.74) is 0. The predicted octanol–water partition coefficient (Wildman–Crippen LogP) is 2.37. The van der Waals surface area contributed by atoms with Crippen LogP contribution in [0, 0.1) is 0 Å². The smallest absolute Gasteiger partial charge is 0.125 e. The molecule has 1 N–H and O–H groups in total. The number of likely N-dealkylation sites (N-methyl/N-ethyl adjacent to an activating group) is 1. The van der Waals surface area contributed by atoms with Gasteiger partial charge < -0.3 is 9.88 Å². The topological polar surface area (TPSA) is 29.9 Å². The molecule has 0 radical (unpaired) electrons. The maximum absolute atomic E-state index is 4.42. The normalized spacial score (nSPS) is 12.9. The van der Waals surface area contributed by atoms with Crippen LogP contribution in [0.2, 0.25) is 0 Å². The lowest BCUT2D eigenvalue weighted by atomic mass is 10.1. The van der Waals surface area contributed by atoms with Crippen molar-refractivity contribution < 1.29 is 0 Å². The molecule has 0 aliphatic carbocycles. The van der Waals surface area contributed by atoms with Crippen LogP contribution in [0.1, 0.15) is 23.7 Å². The molecule has 0 aliphatic rings. The third-order valence-electron chi connectivity index (χ3n) is 2.61. The molecular formula is C12H17N3S. The molecule has 2 aromatic heterocycles. The van der Waals surface area contributed by atoms with E-state index in [4.69, 9.17) is 0 Å². The average Bonchev–Trinajstić information content (AvgIpc) is 2.88. The lowest BCUT2D eigenvalue weighted by Crippen LogP contribution is -2.25. The molecule has 1 atom stereocenters. The van der Waals surface area contributed by atoms with E-state index in [0.29, 0.717) is 6.04 Å². The summed E-state index contributed by atoms with van der Waals surface area (Å²) in [4.78, 5) is 5.82. The molecule has 2 heterocycles. The van der Waals surface area contributed by atoms with Gasteiger partial charge in [0.1, 0.15) is 5.82 Å². The van der Waals surface area contributed by atoms with E-state index in [9.17, 15) is 0 Å². The number of hydrogen-bond acceptors (Lipinski definition) is 3. The summed E-state index contributed by atoms with van der Waals surface area (Å²) in [6.07, 6.45) is 4.86. The van der Waals surface area contributed by atoms with Gasteiger partial charge in [-0.05, 0) is 18.0 Å². The number of thiophene rings is 1. The Bertz CT molecular complexity index is 419. The van der Waals surface area contributed by atoms with Crippen LogP contribution in [0.3, 0.4) is 0 Å². The molecule has 0 saturated carbocycles. The minimum atomic E-state index is 0.309. The van der Waals surface area contributed by atoms with Crippen molar-refractivity contribution in [3.8, 4) is 0 Å². The van der Waals surface area contributed by atoms with Gasteiger partial charge in [-0.1, -0.05) is 13.0 Å². The van der Waals surface area contributed by atoms with E-state index in [-0.39, 0.29) is 0 Å². The molecule has 0 bridgehead atoms. The third kappa shape index (κ3) is 2.51. The highest BCUT2D eigenvalue weighted by Gasteiger charge is 2.15.